The number of rotatable bonds is 5. The fourth-order valence-corrected chi connectivity index (χ4v) is 4.96. The van der Waals surface area contributed by atoms with Crippen molar-refractivity contribution in [3.63, 3.8) is 0 Å². The van der Waals surface area contributed by atoms with Gasteiger partial charge in [-0.3, -0.25) is 0 Å². The number of halogens is 3. The molecular formula is C16H15Br2ClN2S. The molecule has 0 spiro atoms. The zero-order chi connectivity index (χ0) is 15.7. The largest absolute Gasteiger partial charge is 0.353 e. The Hall–Kier alpha value is -0.330. The Balaban J connectivity index is 2.16. The molecule has 0 fully saturated rings. The summed E-state index contributed by atoms with van der Waals surface area (Å²) in [5.74, 6) is 0. The van der Waals surface area contributed by atoms with Crippen molar-refractivity contribution in [2.24, 2.45) is 5.73 Å². The quantitative estimate of drug-likeness (QED) is 0.426. The van der Waals surface area contributed by atoms with E-state index in [0.29, 0.717) is 0 Å². The number of aromatic nitrogens is 1. The van der Waals surface area contributed by atoms with Crippen molar-refractivity contribution >= 4 is 65.7 Å². The number of H-pyrrole nitrogens is 1. The number of aryl methyl sites for hydroxylation is 1. The minimum atomic E-state index is 0.729. The van der Waals surface area contributed by atoms with Gasteiger partial charge in [-0.25, -0.2) is 0 Å². The molecular weight excluding hydrogens is 448 g/mol. The molecule has 0 amide bonds. The van der Waals surface area contributed by atoms with E-state index >= 15 is 0 Å². The number of fused-ring (bicyclic) bond motifs is 1. The van der Waals surface area contributed by atoms with Crippen LogP contribution in [0.4, 0.5) is 0 Å². The summed E-state index contributed by atoms with van der Waals surface area (Å²) in [6.45, 7) is 0.729. The zero-order valence-electron chi connectivity index (χ0n) is 11.8. The molecule has 0 saturated carbocycles. The minimum Gasteiger partial charge on any atom is -0.353 e. The Morgan fingerprint density at radius 2 is 2.00 bits per heavy atom. The predicted molar refractivity (Wildman–Crippen MR) is 104 cm³/mol. The molecule has 0 aliphatic heterocycles. The van der Waals surface area contributed by atoms with Crippen LogP contribution >= 0.6 is 54.8 Å². The highest BCUT2D eigenvalue weighted by atomic mass is 79.9. The Morgan fingerprint density at radius 1 is 1.18 bits per heavy atom. The van der Waals surface area contributed by atoms with E-state index in [2.05, 4.69) is 49.0 Å². The molecule has 3 N–H and O–H groups in total. The average molecular weight is 463 g/mol. The molecule has 0 aliphatic carbocycles. The van der Waals surface area contributed by atoms with E-state index in [4.69, 9.17) is 17.3 Å². The molecule has 6 heteroatoms. The van der Waals surface area contributed by atoms with Gasteiger partial charge >= 0.3 is 0 Å². The van der Waals surface area contributed by atoms with Crippen LogP contribution in [0, 0.1) is 0 Å². The summed E-state index contributed by atoms with van der Waals surface area (Å²) in [4.78, 5) is 4.80. The second-order valence-electron chi connectivity index (χ2n) is 5.14. The Labute approximate surface area is 155 Å². The highest BCUT2D eigenvalue weighted by Gasteiger charge is 2.16. The molecule has 0 bridgehead atoms. The van der Waals surface area contributed by atoms with E-state index in [0.717, 1.165) is 44.6 Å². The van der Waals surface area contributed by atoms with Crippen LogP contribution in [0.1, 0.15) is 18.4 Å². The van der Waals surface area contributed by atoms with Crippen molar-refractivity contribution in [1.29, 1.82) is 0 Å². The smallest absolute Gasteiger partial charge is 0.0705 e. The third kappa shape index (κ3) is 3.29. The highest BCUT2D eigenvalue weighted by molar-refractivity contribution is 9.11. The van der Waals surface area contributed by atoms with E-state index < -0.39 is 0 Å². The van der Waals surface area contributed by atoms with Gasteiger partial charge in [0.15, 0.2) is 0 Å². The maximum Gasteiger partial charge on any atom is 0.0705 e. The molecule has 3 aromatic rings. The van der Waals surface area contributed by atoms with E-state index in [-0.39, 0.29) is 0 Å². The first-order valence-electron chi connectivity index (χ1n) is 7.05. The molecule has 0 saturated heterocycles. The fourth-order valence-electron chi connectivity index (χ4n) is 2.64. The fraction of sp³-hybridized carbons (Fsp3) is 0.250. The molecule has 0 unspecified atom stereocenters. The summed E-state index contributed by atoms with van der Waals surface area (Å²) in [6.07, 6.45) is 3.10. The number of hydrogen-bond donors (Lipinski definition) is 2. The van der Waals surface area contributed by atoms with E-state index in [1.807, 2.05) is 12.1 Å². The van der Waals surface area contributed by atoms with Crippen molar-refractivity contribution in [1.82, 2.24) is 4.98 Å². The summed E-state index contributed by atoms with van der Waals surface area (Å²) in [5, 5.41) is 1.94. The molecule has 2 aromatic heterocycles. The van der Waals surface area contributed by atoms with Crippen LogP contribution in [0.3, 0.4) is 0 Å². The van der Waals surface area contributed by atoms with Crippen LogP contribution in [0.2, 0.25) is 5.02 Å². The summed E-state index contributed by atoms with van der Waals surface area (Å²) in [5.41, 5.74) is 9.25. The van der Waals surface area contributed by atoms with Gasteiger partial charge in [0, 0.05) is 14.9 Å². The van der Waals surface area contributed by atoms with Crippen molar-refractivity contribution in [3.8, 4) is 10.6 Å². The number of unbranched alkanes of at least 4 members (excludes halogenated alkanes) is 1. The van der Waals surface area contributed by atoms with E-state index in [1.54, 1.807) is 11.3 Å². The molecule has 116 valence electrons. The number of hydrogen-bond acceptors (Lipinski definition) is 2. The second-order valence-corrected chi connectivity index (χ2v) is 8.89. The van der Waals surface area contributed by atoms with Gasteiger partial charge in [-0.05, 0) is 87.5 Å². The maximum absolute atomic E-state index is 6.25. The van der Waals surface area contributed by atoms with Crippen LogP contribution in [-0.4, -0.2) is 11.5 Å². The summed E-state index contributed by atoms with van der Waals surface area (Å²) >= 11 is 15.1. The molecule has 0 atom stereocenters. The number of thiophene rings is 1. The number of nitrogens with two attached hydrogens (primary N) is 1. The molecule has 2 nitrogen and oxygen atoms in total. The standard InChI is InChI=1S/C16H15Br2ClN2S/c17-12-8-9(19)7-11-10(3-1-2-6-20)16(21-15(11)12)13-4-5-14(18)22-13/h4-5,7-8,21H,1-3,6,20H2. The first-order chi connectivity index (χ1) is 10.6. The van der Waals surface area contributed by atoms with Gasteiger partial charge in [0.25, 0.3) is 0 Å². The second kappa shape index (κ2) is 7.05. The minimum absolute atomic E-state index is 0.729. The highest BCUT2D eigenvalue weighted by Crippen LogP contribution is 2.39. The van der Waals surface area contributed by atoms with Gasteiger partial charge in [-0.15, -0.1) is 11.3 Å². The van der Waals surface area contributed by atoms with Gasteiger partial charge in [0.1, 0.15) is 0 Å². The average Bonchev–Trinajstić information content (AvgIpc) is 3.04. The van der Waals surface area contributed by atoms with Gasteiger partial charge in [0.05, 0.1) is 19.9 Å². The topological polar surface area (TPSA) is 41.8 Å². The van der Waals surface area contributed by atoms with Crippen LogP contribution in [0.5, 0.6) is 0 Å². The van der Waals surface area contributed by atoms with Crippen molar-refractivity contribution < 1.29 is 0 Å². The summed E-state index contributed by atoms with van der Waals surface area (Å²) in [7, 11) is 0. The number of nitrogens with one attached hydrogen (secondary N) is 1. The van der Waals surface area contributed by atoms with Crippen molar-refractivity contribution in [3.05, 3.63) is 43.1 Å². The molecule has 0 aliphatic rings. The maximum atomic E-state index is 6.25. The zero-order valence-corrected chi connectivity index (χ0v) is 16.5. The Bertz CT molecular complexity index is 810. The Morgan fingerprint density at radius 3 is 2.68 bits per heavy atom. The van der Waals surface area contributed by atoms with Gasteiger partial charge in [-0.2, -0.15) is 0 Å². The van der Waals surface area contributed by atoms with Gasteiger partial charge in [-0.1, -0.05) is 11.6 Å². The van der Waals surface area contributed by atoms with Gasteiger partial charge < -0.3 is 10.7 Å². The summed E-state index contributed by atoms with van der Waals surface area (Å²) in [6, 6.07) is 8.19. The lowest BCUT2D eigenvalue weighted by Gasteiger charge is -2.03. The third-order valence-electron chi connectivity index (χ3n) is 3.63. The molecule has 0 radical (unpaired) electrons. The van der Waals surface area contributed by atoms with Crippen LogP contribution < -0.4 is 5.73 Å². The van der Waals surface area contributed by atoms with Gasteiger partial charge in [0.2, 0.25) is 0 Å². The lowest BCUT2D eigenvalue weighted by Crippen LogP contribution is -1.99. The SMILES string of the molecule is NCCCCc1c(-c2ccc(Br)s2)[nH]c2c(Br)cc(Cl)cc12. The molecule has 2 heterocycles. The van der Waals surface area contributed by atoms with Crippen LogP contribution in [-0.2, 0) is 6.42 Å². The molecule has 1 aromatic carbocycles. The lowest BCUT2D eigenvalue weighted by atomic mass is 10.0. The third-order valence-corrected chi connectivity index (χ3v) is 6.12. The number of benzene rings is 1. The Kier molecular flexibility index (Phi) is 5.30. The summed E-state index contributed by atoms with van der Waals surface area (Å²) < 4.78 is 2.13. The van der Waals surface area contributed by atoms with E-state index in [9.17, 15) is 0 Å². The molecule has 22 heavy (non-hydrogen) atoms. The first-order valence-corrected chi connectivity index (χ1v) is 9.83. The van der Waals surface area contributed by atoms with E-state index in [1.165, 1.54) is 21.5 Å². The van der Waals surface area contributed by atoms with Crippen molar-refractivity contribution in [2.75, 3.05) is 6.54 Å². The number of aromatic amines is 1. The molecule has 3 rings (SSSR count). The van der Waals surface area contributed by atoms with Crippen LogP contribution in [0.25, 0.3) is 21.5 Å². The lowest BCUT2D eigenvalue weighted by molar-refractivity contribution is 0.748. The van der Waals surface area contributed by atoms with Crippen LogP contribution in [0.15, 0.2) is 32.5 Å². The normalized spacial score (nSPS) is 11.5. The predicted octanol–water partition coefficient (Wildman–Crippen LogP) is 6.36. The first kappa shape index (κ1) is 16.5. The van der Waals surface area contributed by atoms with Crippen molar-refractivity contribution in [2.45, 2.75) is 19.3 Å². The monoisotopic (exact) mass is 460 g/mol.